The van der Waals surface area contributed by atoms with Crippen LogP contribution in [-0.2, 0) is 17.8 Å². The summed E-state index contributed by atoms with van der Waals surface area (Å²) in [6, 6.07) is 0. The smallest absolute Gasteiger partial charge is 0.202 e. The third kappa shape index (κ3) is 2.27. The lowest BCUT2D eigenvalue weighted by molar-refractivity contribution is 0.0365. The van der Waals surface area contributed by atoms with Gasteiger partial charge in [0, 0.05) is 32.7 Å². The highest BCUT2D eigenvalue weighted by molar-refractivity contribution is 5.77. The Hall–Kier alpha value is -1.60. The van der Waals surface area contributed by atoms with Crippen LogP contribution in [0.3, 0.4) is 0 Å². The quantitative estimate of drug-likeness (QED) is 0.880. The average Bonchev–Trinajstić information content (AvgIpc) is 2.95. The summed E-state index contributed by atoms with van der Waals surface area (Å²) < 4.78 is 9.43. The van der Waals surface area contributed by atoms with E-state index in [4.69, 9.17) is 10.5 Å². The molecule has 0 saturated carbocycles. The maximum atomic E-state index is 6.07. The first-order valence-corrected chi connectivity index (χ1v) is 7.20. The second-order valence-corrected chi connectivity index (χ2v) is 5.15. The van der Waals surface area contributed by atoms with Crippen LogP contribution < -0.4 is 5.73 Å². The van der Waals surface area contributed by atoms with Crippen LogP contribution in [0.2, 0.25) is 0 Å². The van der Waals surface area contributed by atoms with Crippen LogP contribution in [-0.4, -0.2) is 57.1 Å². The molecule has 0 radical (unpaired) electrons. The number of fused-ring (bicyclic) bond motifs is 1. The van der Waals surface area contributed by atoms with E-state index in [2.05, 4.69) is 26.5 Å². The number of hydrogen-bond donors (Lipinski definition) is 1. The Morgan fingerprint density at radius 2 is 2.00 bits per heavy atom. The number of aryl methyl sites for hydroxylation is 2. The molecule has 110 valence electrons. The van der Waals surface area contributed by atoms with E-state index in [1.807, 2.05) is 11.6 Å². The molecule has 7 nitrogen and oxygen atoms in total. The third-order valence-corrected chi connectivity index (χ3v) is 3.87. The second kappa shape index (κ2) is 5.41. The van der Waals surface area contributed by atoms with Gasteiger partial charge in [-0.3, -0.25) is 9.47 Å². The van der Waals surface area contributed by atoms with E-state index in [9.17, 15) is 0 Å². The normalized spacial score (nSPS) is 17.1. The standard InChI is InChI=1S/C13H22N6O/c1-3-19-12-11(10(2)16-19)15-13(14)18(12)5-4-17-6-8-20-9-7-17/h3-9H2,1-2H3,(H2,14,15). The Morgan fingerprint density at radius 1 is 1.25 bits per heavy atom. The molecule has 0 bridgehead atoms. The largest absolute Gasteiger partial charge is 0.379 e. The number of nitrogen functional groups attached to an aromatic ring is 1. The van der Waals surface area contributed by atoms with E-state index in [1.165, 1.54) is 0 Å². The summed E-state index contributed by atoms with van der Waals surface area (Å²) in [6.07, 6.45) is 0. The minimum absolute atomic E-state index is 0.580. The Kier molecular flexibility index (Phi) is 3.62. The second-order valence-electron chi connectivity index (χ2n) is 5.15. The molecule has 3 rings (SSSR count). The van der Waals surface area contributed by atoms with Crippen molar-refractivity contribution >= 4 is 17.1 Å². The molecule has 0 amide bonds. The van der Waals surface area contributed by atoms with Gasteiger partial charge in [-0.25, -0.2) is 9.67 Å². The van der Waals surface area contributed by atoms with Crippen molar-refractivity contribution in [3.8, 4) is 0 Å². The van der Waals surface area contributed by atoms with Crippen molar-refractivity contribution in [2.75, 3.05) is 38.6 Å². The molecule has 1 aliphatic rings. The van der Waals surface area contributed by atoms with E-state index < -0.39 is 0 Å². The molecule has 0 aliphatic carbocycles. The highest BCUT2D eigenvalue weighted by Crippen LogP contribution is 2.21. The molecule has 1 aliphatic heterocycles. The summed E-state index contributed by atoms with van der Waals surface area (Å²) in [5, 5.41) is 4.51. The van der Waals surface area contributed by atoms with Gasteiger partial charge < -0.3 is 10.5 Å². The Labute approximate surface area is 118 Å². The molecule has 20 heavy (non-hydrogen) atoms. The molecule has 3 heterocycles. The van der Waals surface area contributed by atoms with Gasteiger partial charge in [-0.2, -0.15) is 5.10 Å². The van der Waals surface area contributed by atoms with Gasteiger partial charge >= 0.3 is 0 Å². The van der Waals surface area contributed by atoms with Gasteiger partial charge in [0.15, 0.2) is 5.65 Å². The van der Waals surface area contributed by atoms with Crippen molar-refractivity contribution in [1.82, 2.24) is 24.2 Å². The Morgan fingerprint density at radius 3 is 2.70 bits per heavy atom. The molecule has 0 aromatic carbocycles. The zero-order chi connectivity index (χ0) is 14.1. The van der Waals surface area contributed by atoms with E-state index in [1.54, 1.807) is 0 Å². The summed E-state index contributed by atoms with van der Waals surface area (Å²) in [7, 11) is 0. The molecule has 7 heteroatoms. The molecule has 1 saturated heterocycles. The number of rotatable bonds is 4. The molecule has 2 N–H and O–H groups in total. The average molecular weight is 278 g/mol. The van der Waals surface area contributed by atoms with Crippen LogP contribution in [0.25, 0.3) is 11.2 Å². The van der Waals surface area contributed by atoms with E-state index >= 15 is 0 Å². The lowest BCUT2D eigenvalue weighted by Crippen LogP contribution is -2.38. The van der Waals surface area contributed by atoms with Crippen LogP contribution >= 0.6 is 0 Å². The van der Waals surface area contributed by atoms with Gasteiger partial charge in [-0.1, -0.05) is 0 Å². The van der Waals surface area contributed by atoms with Crippen molar-refractivity contribution in [1.29, 1.82) is 0 Å². The number of morpholine rings is 1. The van der Waals surface area contributed by atoms with Crippen LogP contribution in [0.5, 0.6) is 0 Å². The maximum Gasteiger partial charge on any atom is 0.202 e. The molecular formula is C13H22N6O. The van der Waals surface area contributed by atoms with Crippen LogP contribution in [0.15, 0.2) is 0 Å². The number of imidazole rings is 1. The van der Waals surface area contributed by atoms with Gasteiger partial charge in [0.1, 0.15) is 5.52 Å². The molecule has 2 aromatic heterocycles. The topological polar surface area (TPSA) is 74.1 Å². The summed E-state index contributed by atoms with van der Waals surface area (Å²) in [5.41, 5.74) is 8.98. The number of anilines is 1. The van der Waals surface area contributed by atoms with Crippen LogP contribution in [0.4, 0.5) is 5.95 Å². The Balaban J connectivity index is 1.84. The SMILES string of the molecule is CCn1nc(C)c2nc(N)n(CCN3CCOCC3)c21. The van der Waals surface area contributed by atoms with Gasteiger partial charge in [-0.15, -0.1) is 0 Å². The first-order valence-electron chi connectivity index (χ1n) is 7.20. The number of aromatic nitrogens is 4. The zero-order valence-corrected chi connectivity index (χ0v) is 12.2. The fourth-order valence-corrected chi connectivity index (χ4v) is 2.75. The van der Waals surface area contributed by atoms with Crippen molar-refractivity contribution < 1.29 is 4.74 Å². The maximum absolute atomic E-state index is 6.07. The molecule has 2 aromatic rings. The Bertz CT molecular complexity index is 596. The van der Waals surface area contributed by atoms with E-state index in [-0.39, 0.29) is 0 Å². The summed E-state index contributed by atoms with van der Waals surface area (Å²) >= 11 is 0. The van der Waals surface area contributed by atoms with Crippen molar-refractivity contribution in [2.45, 2.75) is 26.9 Å². The lowest BCUT2D eigenvalue weighted by Gasteiger charge is -2.26. The highest BCUT2D eigenvalue weighted by atomic mass is 16.5. The van der Waals surface area contributed by atoms with Crippen molar-refractivity contribution in [2.24, 2.45) is 0 Å². The number of ether oxygens (including phenoxy) is 1. The predicted molar refractivity (Wildman–Crippen MR) is 77.6 cm³/mol. The zero-order valence-electron chi connectivity index (χ0n) is 12.2. The fraction of sp³-hybridized carbons (Fsp3) is 0.692. The summed E-state index contributed by atoms with van der Waals surface area (Å²) in [5.74, 6) is 0.580. The van der Waals surface area contributed by atoms with Crippen molar-refractivity contribution in [3.63, 3.8) is 0 Å². The van der Waals surface area contributed by atoms with Gasteiger partial charge in [0.25, 0.3) is 0 Å². The first-order chi connectivity index (χ1) is 9.70. The number of nitrogens with two attached hydrogens (primary N) is 1. The molecule has 0 unspecified atom stereocenters. The van der Waals surface area contributed by atoms with Crippen LogP contribution in [0, 0.1) is 6.92 Å². The highest BCUT2D eigenvalue weighted by Gasteiger charge is 2.17. The first kappa shape index (κ1) is 13.4. The monoisotopic (exact) mass is 278 g/mol. The van der Waals surface area contributed by atoms with Crippen LogP contribution in [0.1, 0.15) is 12.6 Å². The van der Waals surface area contributed by atoms with Gasteiger partial charge in [0.05, 0.1) is 18.9 Å². The molecular weight excluding hydrogens is 256 g/mol. The van der Waals surface area contributed by atoms with Crippen molar-refractivity contribution in [3.05, 3.63) is 5.69 Å². The minimum Gasteiger partial charge on any atom is -0.379 e. The third-order valence-electron chi connectivity index (χ3n) is 3.87. The number of hydrogen-bond acceptors (Lipinski definition) is 5. The summed E-state index contributed by atoms with van der Waals surface area (Å²) in [6.45, 7) is 10.3. The molecule has 0 spiro atoms. The molecule has 1 fully saturated rings. The predicted octanol–water partition coefficient (Wildman–Crippen LogP) is 0.476. The van der Waals surface area contributed by atoms with E-state index in [0.29, 0.717) is 5.95 Å². The van der Waals surface area contributed by atoms with E-state index in [0.717, 1.165) is 62.8 Å². The number of nitrogens with zero attached hydrogens (tertiary/aromatic N) is 5. The van der Waals surface area contributed by atoms with Gasteiger partial charge in [0.2, 0.25) is 5.95 Å². The lowest BCUT2D eigenvalue weighted by atomic mass is 10.4. The molecule has 0 atom stereocenters. The fourth-order valence-electron chi connectivity index (χ4n) is 2.75. The minimum atomic E-state index is 0.580. The summed E-state index contributed by atoms with van der Waals surface area (Å²) in [4.78, 5) is 6.86. The van der Waals surface area contributed by atoms with Gasteiger partial charge in [-0.05, 0) is 13.8 Å².